The Morgan fingerprint density at radius 2 is 0.960 bits per heavy atom. The molecule has 0 saturated heterocycles. The minimum Gasteiger partial charge on any atom is -0.378 e. The minimum absolute atomic E-state index is 0.280. The van der Waals surface area contributed by atoms with Gasteiger partial charge in [-0.1, -0.05) is 125 Å². The molecule has 0 saturated carbocycles. The number of rotatable bonds is 18. The molecule has 1 nitrogen and oxygen atoms in total. The molecule has 0 N–H and O–H groups in total. The summed E-state index contributed by atoms with van der Waals surface area (Å²) < 4.78 is 6.30. The first-order valence-corrected chi connectivity index (χ1v) is 11.6. The molecule has 0 bridgehead atoms. The molecule has 0 aromatic carbocycles. The van der Waals surface area contributed by atoms with E-state index in [1.807, 2.05) is 0 Å². The maximum atomic E-state index is 6.30. The van der Waals surface area contributed by atoms with Crippen LogP contribution in [0.1, 0.15) is 137 Å². The van der Waals surface area contributed by atoms with Gasteiger partial charge in [0.1, 0.15) is 0 Å². The lowest BCUT2D eigenvalue weighted by Crippen LogP contribution is -2.29. The van der Waals surface area contributed by atoms with Crippen molar-refractivity contribution in [3.05, 3.63) is 0 Å². The van der Waals surface area contributed by atoms with Gasteiger partial charge in [-0.15, -0.1) is 0 Å². The summed E-state index contributed by atoms with van der Waals surface area (Å²) in [5.41, 5.74) is 0.280. The Labute approximate surface area is 160 Å². The van der Waals surface area contributed by atoms with E-state index in [2.05, 4.69) is 34.6 Å². The fraction of sp³-hybridized carbons (Fsp3) is 1.00. The van der Waals surface area contributed by atoms with Gasteiger partial charge in [0.2, 0.25) is 0 Å². The Hall–Kier alpha value is -0.0400. The van der Waals surface area contributed by atoms with Crippen LogP contribution in [0, 0.1) is 5.41 Å². The van der Waals surface area contributed by atoms with E-state index in [1.165, 1.54) is 103 Å². The van der Waals surface area contributed by atoms with Gasteiger partial charge in [0.05, 0.1) is 6.10 Å². The molecule has 0 aliphatic carbocycles. The van der Waals surface area contributed by atoms with Gasteiger partial charge < -0.3 is 4.74 Å². The van der Waals surface area contributed by atoms with Gasteiger partial charge in [-0.3, -0.25) is 0 Å². The van der Waals surface area contributed by atoms with Gasteiger partial charge in [-0.2, -0.15) is 0 Å². The molecular weight excluding hydrogens is 304 g/mol. The highest BCUT2D eigenvalue weighted by Crippen LogP contribution is 2.27. The highest BCUT2D eigenvalue weighted by molar-refractivity contribution is 4.74. The molecular formula is C24H50O. The molecule has 1 unspecified atom stereocenters. The molecule has 0 spiro atoms. The summed E-state index contributed by atoms with van der Waals surface area (Å²) in [6.07, 6.45) is 22.4. The van der Waals surface area contributed by atoms with Gasteiger partial charge >= 0.3 is 0 Å². The Balaban J connectivity index is 3.66. The Bertz CT molecular complexity index is 253. The third-order valence-electron chi connectivity index (χ3n) is 5.35. The predicted octanol–water partition coefficient (Wildman–Crippen LogP) is 8.70. The van der Waals surface area contributed by atoms with Crippen molar-refractivity contribution in [3.63, 3.8) is 0 Å². The molecule has 0 aromatic rings. The second-order valence-corrected chi connectivity index (χ2v) is 9.11. The molecule has 1 heteroatoms. The summed E-state index contributed by atoms with van der Waals surface area (Å²) in [5.74, 6) is 0. The van der Waals surface area contributed by atoms with Crippen LogP contribution < -0.4 is 0 Å². The standard InChI is InChI=1S/C24H50O/c1-6-8-10-12-14-16-18-20-22-25-23(24(3,4)5)21-19-17-15-13-11-9-7-2/h23H,6-22H2,1-5H3. The molecule has 0 amide bonds. The SMILES string of the molecule is CCCCCCCCCCOC(CCCCCCCCC)C(C)(C)C. The summed E-state index contributed by atoms with van der Waals surface area (Å²) in [6, 6.07) is 0. The van der Waals surface area contributed by atoms with Crippen LogP contribution in [0.5, 0.6) is 0 Å². The topological polar surface area (TPSA) is 9.23 Å². The fourth-order valence-corrected chi connectivity index (χ4v) is 3.51. The second-order valence-electron chi connectivity index (χ2n) is 9.11. The predicted molar refractivity (Wildman–Crippen MR) is 114 cm³/mol. The normalized spacial score (nSPS) is 13.3. The van der Waals surface area contributed by atoms with E-state index in [9.17, 15) is 0 Å². The lowest BCUT2D eigenvalue weighted by atomic mass is 9.85. The smallest absolute Gasteiger partial charge is 0.0623 e. The second kappa shape index (κ2) is 17.4. The summed E-state index contributed by atoms with van der Waals surface area (Å²) in [5, 5.41) is 0. The van der Waals surface area contributed by atoms with Crippen molar-refractivity contribution in [2.45, 2.75) is 143 Å². The quantitative estimate of drug-likeness (QED) is 0.224. The zero-order valence-electron chi connectivity index (χ0n) is 18.5. The molecule has 25 heavy (non-hydrogen) atoms. The first kappa shape index (κ1) is 25.0. The first-order chi connectivity index (χ1) is 12.0. The van der Waals surface area contributed by atoms with E-state index in [4.69, 9.17) is 4.74 Å². The zero-order chi connectivity index (χ0) is 18.8. The van der Waals surface area contributed by atoms with Crippen molar-refractivity contribution in [1.82, 2.24) is 0 Å². The van der Waals surface area contributed by atoms with Gasteiger partial charge in [0.15, 0.2) is 0 Å². The number of hydrogen-bond donors (Lipinski definition) is 0. The number of unbranched alkanes of at least 4 members (excludes halogenated alkanes) is 13. The third-order valence-corrected chi connectivity index (χ3v) is 5.35. The highest BCUT2D eigenvalue weighted by Gasteiger charge is 2.24. The lowest BCUT2D eigenvalue weighted by molar-refractivity contribution is -0.0256. The molecule has 0 aliphatic rings. The first-order valence-electron chi connectivity index (χ1n) is 11.6. The molecule has 0 fully saturated rings. The van der Waals surface area contributed by atoms with Gasteiger partial charge in [-0.05, 0) is 18.3 Å². The van der Waals surface area contributed by atoms with Crippen LogP contribution >= 0.6 is 0 Å². The zero-order valence-corrected chi connectivity index (χ0v) is 18.5. The summed E-state index contributed by atoms with van der Waals surface area (Å²) in [7, 11) is 0. The van der Waals surface area contributed by atoms with Crippen LogP contribution in [0.25, 0.3) is 0 Å². The third kappa shape index (κ3) is 17.1. The van der Waals surface area contributed by atoms with Gasteiger partial charge in [0.25, 0.3) is 0 Å². The largest absolute Gasteiger partial charge is 0.378 e. The molecule has 0 radical (unpaired) electrons. The van der Waals surface area contributed by atoms with Crippen molar-refractivity contribution in [3.8, 4) is 0 Å². The average Bonchev–Trinajstić information content (AvgIpc) is 2.56. The number of ether oxygens (including phenoxy) is 1. The summed E-state index contributed by atoms with van der Waals surface area (Å²) in [6.45, 7) is 12.6. The molecule has 0 aromatic heterocycles. The van der Waals surface area contributed by atoms with E-state index in [1.54, 1.807) is 0 Å². The molecule has 1 atom stereocenters. The van der Waals surface area contributed by atoms with E-state index < -0.39 is 0 Å². The Kier molecular flexibility index (Phi) is 17.3. The van der Waals surface area contributed by atoms with Crippen LogP contribution in [0.15, 0.2) is 0 Å². The van der Waals surface area contributed by atoms with Crippen molar-refractivity contribution in [2.75, 3.05) is 6.61 Å². The number of hydrogen-bond acceptors (Lipinski definition) is 1. The van der Waals surface area contributed by atoms with Gasteiger partial charge in [0, 0.05) is 6.61 Å². The van der Waals surface area contributed by atoms with Crippen molar-refractivity contribution < 1.29 is 4.74 Å². The monoisotopic (exact) mass is 354 g/mol. The van der Waals surface area contributed by atoms with Crippen molar-refractivity contribution in [1.29, 1.82) is 0 Å². The van der Waals surface area contributed by atoms with Crippen LogP contribution in [0.3, 0.4) is 0 Å². The lowest BCUT2D eigenvalue weighted by Gasteiger charge is -2.31. The molecule has 152 valence electrons. The van der Waals surface area contributed by atoms with Crippen LogP contribution in [0.4, 0.5) is 0 Å². The van der Waals surface area contributed by atoms with Crippen molar-refractivity contribution >= 4 is 0 Å². The maximum Gasteiger partial charge on any atom is 0.0623 e. The van der Waals surface area contributed by atoms with Crippen LogP contribution in [-0.4, -0.2) is 12.7 Å². The molecule has 0 rings (SSSR count). The Morgan fingerprint density at radius 3 is 1.40 bits per heavy atom. The highest BCUT2D eigenvalue weighted by atomic mass is 16.5. The van der Waals surface area contributed by atoms with E-state index >= 15 is 0 Å². The molecule has 0 aliphatic heterocycles. The van der Waals surface area contributed by atoms with E-state index in [0.29, 0.717) is 6.10 Å². The van der Waals surface area contributed by atoms with Crippen LogP contribution in [0.2, 0.25) is 0 Å². The van der Waals surface area contributed by atoms with Gasteiger partial charge in [-0.25, -0.2) is 0 Å². The Morgan fingerprint density at radius 1 is 0.560 bits per heavy atom. The molecule has 0 heterocycles. The maximum absolute atomic E-state index is 6.30. The minimum atomic E-state index is 0.280. The van der Waals surface area contributed by atoms with Crippen molar-refractivity contribution in [2.24, 2.45) is 5.41 Å². The van der Waals surface area contributed by atoms with E-state index in [-0.39, 0.29) is 5.41 Å². The van der Waals surface area contributed by atoms with Crippen LogP contribution in [-0.2, 0) is 4.74 Å². The van der Waals surface area contributed by atoms with E-state index in [0.717, 1.165) is 6.61 Å². The average molecular weight is 355 g/mol. The summed E-state index contributed by atoms with van der Waals surface area (Å²) >= 11 is 0. The fourth-order valence-electron chi connectivity index (χ4n) is 3.51. The summed E-state index contributed by atoms with van der Waals surface area (Å²) in [4.78, 5) is 0.